The van der Waals surface area contributed by atoms with Gasteiger partial charge in [-0.1, -0.05) is 11.6 Å². The van der Waals surface area contributed by atoms with E-state index in [9.17, 15) is 5.11 Å². The van der Waals surface area contributed by atoms with Crippen LogP contribution in [0.25, 0.3) is 44.2 Å². The Kier molecular flexibility index (Phi) is 6.00. The van der Waals surface area contributed by atoms with Gasteiger partial charge in [-0.25, -0.2) is 4.39 Å². The Morgan fingerprint density at radius 1 is 1.19 bits per heavy atom. The molecule has 4 atom stereocenters. The fourth-order valence-electron chi connectivity index (χ4n) is 9.34. The van der Waals surface area contributed by atoms with Crippen LogP contribution >= 0.6 is 11.6 Å². The number of β-amino-alcohol motifs (C(OH)–C–C–N with tert-alkyl or cyclic N) is 1. The van der Waals surface area contributed by atoms with E-state index in [4.69, 9.17) is 36.1 Å². The van der Waals surface area contributed by atoms with E-state index in [1.165, 1.54) is 12.8 Å². The highest BCUT2D eigenvalue weighted by atomic mass is 35.5. The first-order valence-electron chi connectivity index (χ1n) is 17.1. The van der Waals surface area contributed by atoms with E-state index in [1.807, 2.05) is 23.3 Å². The Labute approximate surface area is 281 Å². The number of nitrogens with zero attached hydrogens (tertiary/aromatic N) is 8. The molecular formula is C34H39ClFN9O3. The van der Waals surface area contributed by atoms with E-state index < -0.39 is 11.3 Å². The number of piperidine rings is 1. The van der Waals surface area contributed by atoms with Crippen LogP contribution in [-0.4, -0.2) is 102 Å². The van der Waals surface area contributed by atoms with Gasteiger partial charge in [0.2, 0.25) is 0 Å². The maximum atomic E-state index is 16.2. The SMILES string of the molecule is Cn1nc(-c2c(C3(F)CC3)c(Cl)cc3[nH]ncc23)c2c1c1c(N3CCOC[C@@](C)(O)C3)nc(OC[C@@]34CCCN3C[C@@H]3C[C@@H]34)nc1n2C. The summed E-state index contributed by atoms with van der Waals surface area (Å²) in [6.07, 6.45) is 6.13. The summed E-state index contributed by atoms with van der Waals surface area (Å²) in [7, 11) is 3.85. The molecule has 12 nitrogen and oxygen atoms in total. The number of fused-ring (bicyclic) bond motifs is 7. The number of aliphatic hydroxyl groups is 1. The first-order chi connectivity index (χ1) is 23.1. The first-order valence-corrected chi connectivity index (χ1v) is 17.5. The van der Waals surface area contributed by atoms with Crippen molar-refractivity contribution >= 4 is 50.4 Å². The number of aryl methyl sites for hydroxylation is 2. The normalized spacial score (nSPS) is 29.6. The lowest BCUT2D eigenvalue weighted by Gasteiger charge is -2.34. The summed E-state index contributed by atoms with van der Waals surface area (Å²) in [6, 6.07) is 2.07. The molecule has 4 aromatic heterocycles. The minimum absolute atomic E-state index is 0.0589. The van der Waals surface area contributed by atoms with Crippen LogP contribution in [0.2, 0.25) is 5.02 Å². The van der Waals surface area contributed by atoms with Crippen molar-refractivity contribution in [3.8, 4) is 17.3 Å². The van der Waals surface area contributed by atoms with Gasteiger partial charge in [0, 0.05) is 48.7 Å². The molecule has 2 N–H and O–H groups in total. The number of rotatable bonds is 6. The van der Waals surface area contributed by atoms with Crippen molar-refractivity contribution in [2.24, 2.45) is 25.9 Å². The molecule has 5 aromatic rings. The van der Waals surface area contributed by atoms with Crippen LogP contribution in [0, 0.1) is 11.8 Å². The number of aromatic amines is 1. The molecule has 5 fully saturated rings. The van der Waals surface area contributed by atoms with Gasteiger partial charge in [-0.05, 0) is 63.5 Å². The quantitative estimate of drug-likeness (QED) is 0.269. The Balaban J connectivity index is 1.19. The Morgan fingerprint density at radius 2 is 2.04 bits per heavy atom. The standard InChI is InChI=1S/C34H39ClFN9O3/c1-32(46)15-44(9-10-47-16-32)30-24-27-28(26(41-43(27)3)23-19-13-37-40-22(19)12-21(35)25(23)33(36)6-7-33)42(2)29(24)38-31(39-30)48-17-34-5-4-8-45(34)14-18-11-20(18)34/h12-13,18,20,46H,4-11,14-17H2,1-3H3,(H,37,40)/t18-,20-,32-,34+/m0/s1. The second kappa shape index (κ2) is 9.80. The molecule has 5 aliphatic rings. The summed E-state index contributed by atoms with van der Waals surface area (Å²) < 4.78 is 32.4. The number of aromatic nitrogens is 7. The largest absolute Gasteiger partial charge is 0.461 e. The minimum Gasteiger partial charge on any atom is -0.461 e. The van der Waals surface area contributed by atoms with Crippen molar-refractivity contribution < 1.29 is 19.0 Å². The molecule has 1 aromatic carbocycles. The zero-order chi connectivity index (χ0) is 32.7. The fourth-order valence-corrected chi connectivity index (χ4v) is 9.71. The van der Waals surface area contributed by atoms with Crippen molar-refractivity contribution in [2.45, 2.75) is 55.8 Å². The van der Waals surface area contributed by atoms with Crippen LogP contribution in [0.5, 0.6) is 6.01 Å². The van der Waals surface area contributed by atoms with Crippen molar-refractivity contribution in [1.82, 2.24) is 39.4 Å². The van der Waals surface area contributed by atoms with Crippen molar-refractivity contribution in [3.63, 3.8) is 0 Å². The van der Waals surface area contributed by atoms with Gasteiger partial charge in [0.25, 0.3) is 0 Å². The maximum Gasteiger partial charge on any atom is 0.320 e. The second-order valence-corrected chi connectivity index (χ2v) is 15.6. The van der Waals surface area contributed by atoms with E-state index >= 15 is 4.39 Å². The highest BCUT2D eigenvalue weighted by Crippen LogP contribution is 2.60. The number of H-pyrrole nitrogens is 1. The van der Waals surface area contributed by atoms with E-state index in [-0.39, 0.29) is 12.1 Å². The van der Waals surface area contributed by atoms with Gasteiger partial charge in [0.1, 0.15) is 29.4 Å². The Hall–Kier alpha value is -3.52. The average Bonchev–Trinajstić information content (AvgIpc) is 3.70. The molecule has 0 bridgehead atoms. The topological polar surface area (TPSA) is 122 Å². The number of alkyl halides is 1. The number of nitrogens with one attached hydrogen (secondary N) is 1. The van der Waals surface area contributed by atoms with Crippen molar-refractivity contribution in [2.75, 3.05) is 50.9 Å². The van der Waals surface area contributed by atoms with Crippen LogP contribution < -0.4 is 9.64 Å². The minimum atomic E-state index is -1.52. The third-order valence-electron chi connectivity index (χ3n) is 11.8. The molecule has 0 unspecified atom stereocenters. The number of ether oxygens (including phenoxy) is 2. The van der Waals surface area contributed by atoms with Gasteiger partial charge in [0.15, 0.2) is 5.65 Å². The predicted molar refractivity (Wildman–Crippen MR) is 179 cm³/mol. The maximum absolute atomic E-state index is 16.2. The summed E-state index contributed by atoms with van der Waals surface area (Å²) >= 11 is 6.83. The van der Waals surface area contributed by atoms with Crippen LogP contribution in [0.15, 0.2) is 12.3 Å². The fraction of sp³-hybridized carbons (Fsp3) is 0.588. The smallest absolute Gasteiger partial charge is 0.320 e. The highest BCUT2D eigenvalue weighted by molar-refractivity contribution is 6.33. The summed E-state index contributed by atoms with van der Waals surface area (Å²) in [5.74, 6) is 2.12. The van der Waals surface area contributed by atoms with E-state index in [2.05, 4.69) is 20.0 Å². The number of hydrogen-bond donors (Lipinski definition) is 2. The van der Waals surface area contributed by atoms with Gasteiger partial charge < -0.3 is 24.0 Å². The van der Waals surface area contributed by atoms with Gasteiger partial charge in [-0.2, -0.15) is 20.2 Å². The molecule has 0 radical (unpaired) electrons. The summed E-state index contributed by atoms with van der Waals surface area (Å²) in [6.45, 7) is 6.14. The molecule has 2 aliphatic carbocycles. The molecule has 7 heterocycles. The summed E-state index contributed by atoms with van der Waals surface area (Å²) in [4.78, 5) is 14.9. The summed E-state index contributed by atoms with van der Waals surface area (Å²) in [5, 5.41) is 25.5. The number of anilines is 1. The predicted octanol–water partition coefficient (Wildman–Crippen LogP) is 4.46. The summed E-state index contributed by atoms with van der Waals surface area (Å²) in [5.41, 5.74) is 2.12. The van der Waals surface area contributed by atoms with Gasteiger partial charge in [-0.15, -0.1) is 0 Å². The van der Waals surface area contributed by atoms with Crippen LogP contribution in [0.1, 0.15) is 44.6 Å². The average molecular weight is 676 g/mol. The monoisotopic (exact) mass is 675 g/mol. The molecule has 2 saturated carbocycles. The number of halogens is 2. The molecule has 3 aliphatic heterocycles. The van der Waals surface area contributed by atoms with Gasteiger partial charge >= 0.3 is 6.01 Å². The molecule has 48 heavy (non-hydrogen) atoms. The van der Waals surface area contributed by atoms with E-state index in [1.54, 1.807) is 19.2 Å². The Bertz CT molecular complexity index is 2150. The molecule has 3 saturated heterocycles. The second-order valence-electron chi connectivity index (χ2n) is 15.2. The number of hydrogen-bond acceptors (Lipinski definition) is 9. The van der Waals surface area contributed by atoms with Gasteiger partial charge in [-0.3, -0.25) is 14.7 Å². The molecule has 10 rings (SSSR count). The Morgan fingerprint density at radius 3 is 2.88 bits per heavy atom. The van der Waals surface area contributed by atoms with Crippen LogP contribution in [0.3, 0.4) is 0 Å². The van der Waals surface area contributed by atoms with Crippen LogP contribution in [0.4, 0.5) is 10.2 Å². The molecular weight excluding hydrogens is 637 g/mol. The lowest BCUT2D eigenvalue weighted by molar-refractivity contribution is -0.0123. The lowest BCUT2D eigenvalue weighted by atomic mass is 9.92. The van der Waals surface area contributed by atoms with Crippen LogP contribution in [-0.2, 0) is 24.5 Å². The van der Waals surface area contributed by atoms with E-state index in [0.29, 0.717) is 89.9 Å². The molecule has 0 spiro atoms. The lowest BCUT2D eigenvalue weighted by Crippen LogP contribution is -2.47. The van der Waals surface area contributed by atoms with E-state index in [0.717, 1.165) is 47.2 Å². The zero-order valence-corrected chi connectivity index (χ0v) is 28.1. The zero-order valence-electron chi connectivity index (χ0n) is 27.4. The molecule has 0 amide bonds. The van der Waals surface area contributed by atoms with Gasteiger partial charge in [0.05, 0.1) is 53.4 Å². The third-order valence-corrected chi connectivity index (χ3v) is 12.1. The molecule has 14 heteroatoms. The van der Waals surface area contributed by atoms with Crippen molar-refractivity contribution in [3.05, 3.63) is 22.8 Å². The van der Waals surface area contributed by atoms with Crippen molar-refractivity contribution in [1.29, 1.82) is 0 Å². The first kappa shape index (κ1) is 29.4. The third kappa shape index (κ3) is 4.10. The molecule has 252 valence electrons. The highest BCUT2D eigenvalue weighted by Gasteiger charge is 2.64. The number of benzene rings is 1.